The van der Waals surface area contributed by atoms with Crippen molar-refractivity contribution in [2.24, 2.45) is 0 Å². The molecule has 0 atom stereocenters. The number of unbranched alkanes of at least 4 members (excludes halogenated alkanes) is 60. The van der Waals surface area contributed by atoms with Gasteiger partial charge in [-0.3, -0.25) is 0 Å². The molecule has 5 heterocycles. The Labute approximate surface area is 817 Å². The molecule has 0 aliphatic carbocycles. The van der Waals surface area contributed by atoms with Crippen molar-refractivity contribution in [3.63, 3.8) is 0 Å². The van der Waals surface area contributed by atoms with Gasteiger partial charge in [-0.25, -0.2) is 19.2 Å². The first-order chi connectivity index (χ1) is 66.8. The first kappa shape index (κ1) is 110. The normalized spacial score (nSPS) is 12.1. The third-order valence-electron chi connectivity index (χ3n) is 27.9. The molecule has 748 valence electrons. The number of carboxylic acid groups (broad SMARTS) is 4. The predicted octanol–water partition coefficient (Wildman–Crippen LogP) is 31.7. The summed E-state index contributed by atoms with van der Waals surface area (Å²) in [4.78, 5) is 69.9. The topological polar surface area (TPSA) is 249 Å². The van der Waals surface area contributed by atoms with Crippen LogP contribution in [-0.4, -0.2) is 90.7 Å². The summed E-state index contributed by atoms with van der Waals surface area (Å²) in [5.41, 5.74) is 6.95. The highest BCUT2D eigenvalue weighted by Crippen LogP contribution is 2.36. The Morgan fingerprint density at radius 2 is 0.338 bits per heavy atom. The molecule has 0 amide bonds. The number of nitrogens with one attached hydrogen (secondary N) is 4. The van der Waals surface area contributed by atoms with E-state index < -0.39 is 23.9 Å². The molecule has 0 radical (unpaired) electrons. The first-order valence-corrected chi connectivity index (χ1v) is 55.1. The Kier molecular flexibility index (Phi) is 54.3. The van der Waals surface area contributed by atoms with Crippen LogP contribution >= 0.6 is 0 Å². The van der Waals surface area contributed by atoms with Crippen molar-refractivity contribution in [1.82, 2.24) is 19.9 Å². The number of aromatic nitrogens is 4. The number of aromatic carboxylic acids is 4. The number of fused-ring (bicyclic) bond motifs is 8. The van der Waals surface area contributed by atoms with E-state index in [1.807, 2.05) is 72.8 Å². The first-order valence-electron chi connectivity index (χ1n) is 55.1. The van der Waals surface area contributed by atoms with Crippen LogP contribution in [-0.2, 0) is 0 Å². The number of ether oxygens (including phenoxy) is 4. The molecule has 9 rings (SSSR count). The second-order valence-electron chi connectivity index (χ2n) is 39.3. The number of carbonyl (C=O) groups is 4. The summed E-state index contributed by atoms with van der Waals surface area (Å²) in [6.45, 7) is 10.5. The minimum absolute atomic E-state index is 0.00329. The molecule has 8 aromatic rings. The van der Waals surface area contributed by atoms with E-state index >= 15 is 0 Å². The standard InChI is InChI=1S/C120H176N4O12/c1-5-9-13-17-21-25-29-33-37-41-45-49-53-57-61-65-85-133-109-81-69-93(89-97(109)117(125)126)113-101-73-75-103(121-101)114(94-70-82-110(98(90-94)118(127)128)134-86-66-62-58-54-50-46-42-38-34-30-26-22-18-14-10-6-2)105-77-79-107(123-105)116(96-72-84-112(100(92-96)120(131)132)136-88-68-64-60-56-52-48-44-40-36-32-28-24-20-16-12-8-4)108-80-78-106(124-108)115(104-76-74-102(113)122-104)95-71-83-111(99(91-95)119(129)130)135-87-67-63-59-55-51-47-43-39-35-31-27-23-19-15-11-7-3/h69-84,89-92,121-124H,5-68,85-88H2,1-4H3,(H,125,126)(H,127,128)(H,129,130)(H,131,132). The van der Waals surface area contributed by atoms with E-state index in [1.165, 1.54) is 334 Å². The zero-order valence-corrected chi connectivity index (χ0v) is 84.7. The van der Waals surface area contributed by atoms with Crippen LogP contribution in [0.4, 0.5) is 0 Å². The molecule has 16 nitrogen and oxygen atoms in total. The Morgan fingerprint density at radius 1 is 0.191 bits per heavy atom. The van der Waals surface area contributed by atoms with Gasteiger partial charge in [-0.2, -0.15) is 0 Å². The van der Waals surface area contributed by atoms with Crippen molar-refractivity contribution in [3.8, 4) is 23.0 Å². The molecule has 0 spiro atoms. The molecule has 136 heavy (non-hydrogen) atoms. The number of carboxylic acids is 4. The van der Waals surface area contributed by atoms with E-state index in [4.69, 9.17) is 18.9 Å². The zero-order chi connectivity index (χ0) is 96.0. The van der Waals surface area contributed by atoms with Crippen LogP contribution in [0, 0.1) is 0 Å². The van der Waals surface area contributed by atoms with Gasteiger partial charge >= 0.3 is 23.9 Å². The maximum atomic E-state index is 13.7. The Balaban J connectivity index is 1.03. The molecule has 1 aliphatic heterocycles. The molecular formula is C120H176N4O12. The molecular weight excluding hydrogens is 1690 g/mol. The summed E-state index contributed by atoms with van der Waals surface area (Å²) in [5, 5.41) is 47.1. The summed E-state index contributed by atoms with van der Waals surface area (Å²) in [6, 6.07) is 36.7. The maximum Gasteiger partial charge on any atom is 0.339 e. The molecule has 0 saturated carbocycles. The van der Waals surface area contributed by atoms with Gasteiger partial charge in [-0.05, 0) is 145 Å². The van der Waals surface area contributed by atoms with Crippen LogP contribution in [0.5, 0.6) is 23.0 Å². The largest absolute Gasteiger partial charge is 0.493 e. The van der Waals surface area contributed by atoms with Crippen LogP contribution in [0.3, 0.4) is 0 Å². The van der Waals surface area contributed by atoms with Crippen LogP contribution in [0.1, 0.15) is 525 Å². The number of hydrogen-bond donors (Lipinski definition) is 8. The maximum absolute atomic E-state index is 13.7. The lowest BCUT2D eigenvalue weighted by atomic mass is 9.99. The number of aromatic amines is 4. The number of hydrogen-bond acceptors (Lipinski definition) is 8. The fourth-order valence-electron chi connectivity index (χ4n) is 19.8. The van der Waals surface area contributed by atoms with Crippen LogP contribution < -0.4 is 40.3 Å². The quantitative estimate of drug-likeness (QED) is 0.0166. The predicted molar refractivity (Wildman–Crippen MR) is 562 cm³/mol. The lowest BCUT2D eigenvalue weighted by molar-refractivity contribution is 0.0681. The molecule has 8 bridgehead atoms. The van der Waals surface area contributed by atoms with Crippen molar-refractivity contribution in [2.45, 2.75) is 439 Å². The summed E-state index contributed by atoms with van der Waals surface area (Å²) in [5.74, 6) is -3.53. The number of H-pyrrole nitrogens is 4. The van der Waals surface area contributed by atoms with Gasteiger partial charge in [0.05, 0.1) is 26.4 Å². The lowest BCUT2D eigenvalue weighted by Gasteiger charge is -2.14. The molecule has 8 N–H and O–H groups in total. The Bertz CT molecular complexity index is 4370. The van der Waals surface area contributed by atoms with Gasteiger partial charge in [0.15, 0.2) is 0 Å². The van der Waals surface area contributed by atoms with Gasteiger partial charge in [-0.1, -0.05) is 437 Å². The summed E-state index contributed by atoms with van der Waals surface area (Å²) in [6.07, 6.45) is 79.5. The highest BCUT2D eigenvalue weighted by Gasteiger charge is 2.26. The number of rotatable bonds is 80. The third kappa shape index (κ3) is 39.8. The van der Waals surface area contributed by atoms with Gasteiger partial charge in [0, 0.05) is 66.5 Å². The molecule has 0 saturated heterocycles. The van der Waals surface area contributed by atoms with Gasteiger partial charge in [-0.15, -0.1) is 0 Å². The fourth-order valence-corrected chi connectivity index (χ4v) is 19.8. The SMILES string of the molecule is CCCCCCCCCCCCCCCCCCOc1ccc(C2=c3ccc([nH]3)=C(c3ccc(OCCCCCCCCCCCCCCCCCC)c(C(=O)O)c3)c3ccc([nH]3)C(c3ccc(OCCCCCCCCCCCCCCCCCC)c(C(=O)O)c3)=c3ccc([nH]3)=C(c3ccc(OCCCCCCCCCCCCCCCCCC)c(C(=O)O)c3)c3ccc2[nH]3)cc1C(=O)O. The average Bonchev–Trinajstić information content (AvgIpc) is 1.61. The van der Waals surface area contributed by atoms with Crippen LogP contribution in [0.25, 0.3) is 22.3 Å². The monoisotopic (exact) mass is 1870 g/mol. The molecule has 1 aliphatic rings. The summed E-state index contributed by atoms with van der Waals surface area (Å²) >= 11 is 0. The van der Waals surface area contributed by atoms with Crippen molar-refractivity contribution >= 4 is 46.2 Å². The Morgan fingerprint density at radius 3 is 0.485 bits per heavy atom. The van der Waals surface area contributed by atoms with Crippen molar-refractivity contribution in [2.75, 3.05) is 26.4 Å². The highest BCUT2D eigenvalue weighted by atomic mass is 16.5. The van der Waals surface area contributed by atoms with Gasteiger partial charge in [0.2, 0.25) is 0 Å². The van der Waals surface area contributed by atoms with Crippen LogP contribution in [0.2, 0.25) is 0 Å². The molecule has 0 fully saturated rings. The van der Waals surface area contributed by atoms with Crippen molar-refractivity contribution in [1.29, 1.82) is 0 Å². The second kappa shape index (κ2) is 67.0. The third-order valence-corrected chi connectivity index (χ3v) is 27.9. The van der Waals surface area contributed by atoms with E-state index in [2.05, 4.69) is 47.6 Å². The van der Waals surface area contributed by atoms with E-state index in [9.17, 15) is 39.6 Å². The highest BCUT2D eigenvalue weighted by molar-refractivity contribution is 5.97. The fraction of sp³-hybridized carbons (Fsp3) is 0.600. The molecule has 4 aromatic heterocycles. The van der Waals surface area contributed by atoms with E-state index in [-0.39, 0.29) is 45.3 Å². The zero-order valence-electron chi connectivity index (χ0n) is 84.7. The lowest BCUT2D eigenvalue weighted by Crippen LogP contribution is -2.19. The van der Waals surface area contributed by atoms with Gasteiger partial charge in [0.1, 0.15) is 45.3 Å². The second-order valence-corrected chi connectivity index (χ2v) is 39.3. The van der Waals surface area contributed by atoms with E-state index in [0.29, 0.717) is 115 Å². The molecule has 4 aromatic carbocycles. The summed E-state index contributed by atoms with van der Waals surface area (Å²) < 4.78 is 25.6. The summed E-state index contributed by atoms with van der Waals surface area (Å²) in [7, 11) is 0. The molecule has 0 unspecified atom stereocenters. The van der Waals surface area contributed by atoms with E-state index in [1.54, 1.807) is 48.5 Å². The minimum atomic E-state index is -1.15. The Hall–Kier alpha value is -9.44. The van der Waals surface area contributed by atoms with Gasteiger partial charge < -0.3 is 59.3 Å². The average molecular weight is 1870 g/mol. The van der Waals surface area contributed by atoms with Crippen LogP contribution in [0.15, 0.2) is 121 Å². The van der Waals surface area contributed by atoms with Crippen molar-refractivity contribution < 1.29 is 58.6 Å². The number of benzene rings is 4. The smallest absolute Gasteiger partial charge is 0.339 e. The van der Waals surface area contributed by atoms with Crippen molar-refractivity contribution in [3.05, 3.63) is 210 Å². The minimum Gasteiger partial charge on any atom is -0.493 e. The van der Waals surface area contributed by atoms with E-state index in [0.717, 1.165) is 77.0 Å². The molecule has 16 heteroatoms. The van der Waals surface area contributed by atoms with Gasteiger partial charge in [0.25, 0.3) is 0 Å².